The highest BCUT2D eigenvalue weighted by Crippen LogP contribution is 2.46. The third-order valence-electron chi connectivity index (χ3n) is 13.4. The van der Waals surface area contributed by atoms with Gasteiger partial charge in [-0.1, -0.05) is 208 Å². The predicted octanol–water partition coefficient (Wildman–Crippen LogP) is 17.6. The van der Waals surface area contributed by atoms with Crippen molar-refractivity contribution in [2.45, 2.75) is 13.8 Å². The SMILES string of the molecule is CC.c1ccc(-c2ccc(-c3nc(-c4ccc5ccccc5c4)nc(-n4c5c(-c6ccc7sc8ccc9ccccc9c8c7c6)cccc5c5c6ccccc6c6ccccc6c54)n3)cc2)cc1. The van der Waals surface area contributed by atoms with Crippen LogP contribution in [0.15, 0.2) is 218 Å². The smallest absolute Gasteiger partial charge is 0.238 e. The summed E-state index contributed by atoms with van der Waals surface area (Å²) in [7, 11) is 0. The number of rotatable bonds is 5. The topological polar surface area (TPSA) is 43.6 Å². The fourth-order valence-corrected chi connectivity index (χ4v) is 11.5. The van der Waals surface area contributed by atoms with Gasteiger partial charge in [0.05, 0.1) is 11.0 Å². The van der Waals surface area contributed by atoms with E-state index in [4.69, 9.17) is 15.0 Å². The lowest BCUT2D eigenvalue weighted by atomic mass is 9.95. The van der Waals surface area contributed by atoms with E-state index < -0.39 is 0 Å². The number of fused-ring (bicyclic) bond motifs is 14. The number of para-hydroxylation sites is 1. The Balaban J connectivity index is 0.00000226. The van der Waals surface area contributed by atoms with E-state index >= 15 is 0 Å². The summed E-state index contributed by atoms with van der Waals surface area (Å²) in [6.07, 6.45) is 0. The zero-order valence-electron chi connectivity index (χ0n) is 37.5. The van der Waals surface area contributed by atoms with Crippen molar-refractivity contribution >= 4 is 96.4 Å². The van der Waals surface area contributed by atoms with Gasteiger partial charge in [0, 0.05) is 53.0 Å². The van der Waals surface area contributed by atoms with Gasteiger partial charge >= 0.3 is 0 Å². The van der Waals surface area contributed by atoms with Crippen molar-refractivity contribution in [1.82, 2.24) is 19.5 Å². The van der Waals surface area contributed by atoms with Crippen molar-refractivity contribution in [2.24, 2.45) is 0 Å². The van der Waals surface area contributed by atoms with Crippen LogP contribution in [0.2, 0.25) is 0 Å². The van der Waals surface area contributed by atoms with Gasteiger partial charge < -0.3 is 0 Å². The molecule has 0 unspecified atom stereocenters. The van der Waals surface area contributed by atoms with E-state index in [1.807, 2.05) is 25.2 Å². The van der Waals surface area contributed by atoms with Crippen molar-refractivity contribution in [1.29, 1.82) is 0 Å². The Hall–Kier alpha value is -8.51. The summed E-state index contributed by atoms with van der Waals surface area (Å²) in [6.45, 7) is 4.00. The van der Waals surface area contributed by atoms with Crippen molar-refractivity contribution in [3.8, 4) is 51.0 Å². The minimum atomic E-state index is 0.566. The Bertz CT molecular complexity index is 4280. The molecule has 0 radical (unpaired) electrons. The molecule has 0 bridgehead atoms. The van der Waals surface area contributed by atoms with E-state index in [0.29, 0.717) is 17.6 Å². The van der Waals surface area contributed by atoms with Crippen LogP contribution in [0.4, 0.5) is 0 Å². The van der Waals surface area contributed by atoms with Crippen LogP contribution in [0, 0.1) is 0 Å². The highest BCUT2D eigenvalue weighted by Gasteiger charge is 2.25. The maximum atomic E-state index is 5.52. The second-order valence-electron chi connectivity index (χ2n) is 17.1. The maximum absolute atomic E-state index is 5.52. The van der Waals surface area contributed by atoms with E-state index in [2.05, 4.69) is 223 Å². The Kier molecular flexibility index (Phi) is 9.44. The van der Waals surface area contributed by atoms with Crippen molar-refractivity contribution in [3.05, 3.63) is 218 Å². The largest absolute Gasteiger partial charge is 0.277 e. The summed E-state index contributed by atoms with van der Waals surface area (Å²) in [5.41, 5.74) is 8.52. The molecule has 0 N–H and O–H groups in total. The molecule has 0 aliphatic carbocycles. The van der Waals surface area contributed by atoms with Crippen molar-refractivity contribution in [3.63, 3.8) is 0 Å². The Morgan fingerprint density at radius 1 is 0.324 bits per heavy atom. The molecule has 0 fully saturated rings. The molecule has 0 saturated heterocycles. The highest BCUT2D eigenvalue weighted by molar-refractivity contribution is 7.26. The third-order valence-corrected chi connectivity index (χ3v) is 14.5. The van der Waals surface area contributed by atoms with Crippen LogP contribution >= 0.6 is 11.3 Å². The molecule has 0 amide bonds. The summed E-state index contributed by atoms with van der Waals surface area (Å²) < 4.78 is 4.91. The molecule has 3 aromatic heterocycles. The number of thiophene rings is 1. The van der Waals surface area contributed by atoms with E-state index in [0.717, 1.165) is 60.6 Å². The first-order valence-corrected chi connectivity index (χ1v) is 24.2. The molecular weight excluding hydrogens is 845 g/mol. The van der Waals surface area contributed by atoms with Gasteiger partial charge in [0.1, 0.15) is 0 Å². The van der Waals surface area contributed by atoms with Gasteiger partial charge in [0.15, 0.2) is 11.6 Å². The monoisotopic (exact) mass is 886 g/mol. The number of hydrogen-bond donors (Lipinski definition) is 0. The molecule has 0 atom stereocenters. The summed E-state index contributed by atoms with van der Waals surface area (Å²) in [4.78, 5) is 16.3. The third kappa shape index (κ3) is 6.31. The second-order valence-corrected chi connectivity index (χ2v) is 18.2. The summed E-state index contributed by atoms with van der Waals surface area (Å²) in [5.74, 6) is 1.79. The molecule has 0 aliphatic heterocycles. The Labute approximate surface area is 397 Å². The molecule has 0 saturated carbocycles. The predicted molar refractivity (Wildman–Crippen MR) is 290 cm³/mol. The summed E-state index contributed by atoms with van der Waals surface area (Å²) >= 11 is 1.86. The fourth-order valence-electron chi connectivity index (χ4n) is 10.4. The van der Waals surface area contributed by atoms with Crippen LogP contribution in [-0.2, 0) is 0 Å². The number of hydrogen-bond acceptors (Lipinski definition) is 4. The molecule has 11 aromatic carbocycles. The van der Waals surface area contributed by atoms with Crippen LogP contribution in [0.5, 0.6) is 0 Å². The van der Waals surface area contributed by atoms with Crippen molar-refractivity contribution in [2.75, 3.05) is 0 Å². The molecule has 5 heteroatoms. The van der Waals surface area contributed by atoms with Gasteiger partial charge in [-0.2, -0.15) is 9.97 Å². The van der Waals surface area contributed by atoms with Gasteiger partial charge in [-0.25, -0.2) is 4.98 Å². The number of aromatic nitrogens is 4. The van der Waals surface area contributed by atoms with Gasteiger partial charge in [-0.15, -0.1) is 11.3 Å². The highest BCUT2D eigenvalue weighted by atomic mass is 32.1. The minimum Gasteiger partial charge on any atom is -0.277 e. The van der Waals surface area contributed by atoms with Crippen LogP contribution in [0.25, 0.3) is 136 Å². The molecule has 68 heavy (non-hydrogen) atoms. The molecule has 320 valence electrons. The zero-order chi connectivity index (χ0) is 45.3. The van der Waals surface area contributed by atoms with E-state index in [1.165, 1.54) is 57.9 Å². The van der Waals surface area contributed by atoms with Crippen LogP contribution in [-0.4, -0.2) is 19.5 Å². The van der Waals surface area contributed by atoms with E-state index in [1.54, 1.807) is 0 Å². The molecule has 3 heterocycles. The maximum Gasteiger partial charge on any atom is 0.238 e. The average molecular weight is 887 g/mol. The second kappa shape index (κ2) is 16.1. The molecule has 0 aliphatic rings. The first-order chi connectivity index (χ1) is 33.7. The van der Waals surface area contributed by atoms with Crippen LogP contribution < -0.4 is 0 Å². The van der Waals surface area contributed by atoms with Crippen LogP contribution in [0.3, 0.4) is 0 Å². The Morgan fingerprint density at radius 2 is 0.882 bits per heavy atom. The average Bonchev–Trinajstić information content (AvgIpc) is 3.98. The summed E-state index contributed by atoms with van der Waals surface area (Å²) in [5, 5.41) is 14.5. The lowest BCUT2D eigenvalue weighted by Gasteiger charge is -2.15. The van der Waals surface area contributed by atoms with Gasteiger partial charge in [0.25, 0.3) is 0 Å². The lowest BCUT2D eigenvalue weighted by Crippen LogP contribution is -2.07. The lowest BCUT2D eigenvalue weighted by molar-refractivity contribution is 0.956. The number of benzene rings is 11. The molecule has 14 rings (SSSR count). The number of nitrogens with zero attached hydrogens (tertiary/aromatic N) is 4. The summed E-state index contributed by atoms with van der Waals surface area (Å²) in [6, 6.07) is 78.6. The first kappa shape index (κ1) is 39.8. The fraction of sp³-hybridized carbons (Fsp3) is 0.0317. The van der Waals surface area contributed by atoms with Gasteiger partial charge in [-0.3, -0.25) is 4.57 Å². The minimum absolute atomic E-state index is 0.566. The normalized spacial score (nSPS) is 11.7. The van der Waals surface area contributed by atoms with E-state index in [9.17, 15) is 0 Å². The van der Waals surface area contributed by atoms with Gasteiger partial charge in [0.2, 0.25) is 5.95 Å². The molecule has 4 nitrogen and oxygen atoms in total. The Morgan fingerprint density at radius 3 is 1.68 bits per heavy atom. The standard InChI is InChI=1S/C61H36N4S.C2H6/c1-2-13-37(14-3-1)39-25-28-41(29-26-39)59-62-60(44-30-27-38-15-4-5-17-42(38)35-44)64-61(63-59)65-57-46(43-32-33-53-52(36-43)55-45-18-7-6-16-40(45)31-34-54(55)66-53)23-12-24-51(57)56-49-21-10-8-19-47(49)48-20-9-11-22-50(48)58(56)65;1-2/h1-36H;1-2H3. The zero-order valence-corrected chi connectivity index (χ0v) is 38.3. The molecular formula is C63H42N4S. The first-order valence-electron chi connectivity index (χ1n) is 23.3. The van der Waals surface area contributed by atoms with Gasteiger partial charge in [-0.05, 0) is 78.7 Å². The van der Waals surface area contributed by atoms with E-state index in [-0.39, 0.29) is 0 Å². The molecule has 14 aromatic rings. The quantitative estimate of drug-likeness (QED) is 0.162. The van der Waals surface area contributed by atoms with Crippen LogP contribution in [0.1, 0.15) is 13.8 Å². The van der Waals surface area contributed by atoms with Crippen molar-refractivity contribution < 1.29 is 0 Å². The molecule has 0 spiro atoms.